The smallest absolute Gasteiger partial charge is 0.251 e. The van der Waals surface area contributed by atoms with Gasteiger partial charge in [0.05, 0.1) is 4.90 Å². The number of aryl methyl sites for hydroxylation is 1. The van der Waals surface area contributed by atoms with E-state index in [2.05, 4.69) is 10.0 Å². The molecule has 2 amide bonds. The SMILES string of the molecule is CNS(=O)(=O)c1cc(C(=O)NC2CCN(C(=O)C(C)C)CC2)cc(C)c1C. The molecule has 1 aliphatic heterocycles. The van der Waals surface area contributed by atoms with Crippen molar-refractivity contribution in [3.63, 3.8) is 0 Å². The van der Waals surface area contributed by atoms with Crippen LogP contribution in [0.1, 0.15) is 48.2 Å². The molecule has 0 unspecified atom stereocenters. The second-order valence-electron chi connectivity index (χ2n) is 7.35. The Balaban J connectivity index is 2.10. The molecule has 1 aromatic carbocycles. The third-order valence-electron chi connectivity index (χ3n) is 5.08. The van der Waals surface area contributed by atoms with Gasteiger partial charge in [-0.25, -0.2) is 13.1 Å². The summed E-state index contributed by atoms with van der Waals surface area (Å²) in [6.45, 7) is 8.52. The van der Waals surface area contributed by atoms with E-state index in [-0.39, 0.29) is 28.7 Å². The van der Waals surface area contributed by atoms with Crippen LogP contribution < -0.4 is 10.0 Å². The molecule has 0 bridgehead atoms. The highest BCUT2D eigenvalue weighted by molar-refractivity contribution is 7.89. The lowest BCUT2D eigenvalue weighted by Gasteiger charge is -2.33. The van der Waals surface area contributed by atoms with Crippen molar-refractivity contribution in [1.29, 1.82) is 0 Å². The van der Waals surface area contributed by atoms with Crippen LogP contribution in [0.25, 0.3) is 0 Å². The largest absolute Gasteiger partial charge is 0.349 e. The average Bonchev–Trinajstić information content (AvgIpc) is 2.63. The highest BCUT2D eigenvalue weighted by Crippen LogP contribution is 2.21. The number of carbonyl (C=O) groups excluding carboxylic acids is 2. The van der Waals surface area contributed by atoms with E-state index in [1.807, 2.05) is 18.7 Å². The number of benzene rings is 1. The molecule has 150 valence electrons. The van der Waals surface area contributed by atoms with Gasteiger partial charge in [-0.2, -0.15) is 0 Å². The zero-order valence-electron chi connectivity index (χ0n) is 16.6. The van der Waals surface area contributed by atoms with Gasteiger partial charge in [0.2, 0.25) is 15.9 Å². The number of hydrogen-bond donors (Lipinski definition) is 2. The van der Waals surface area contributed by atoms with Crippen LogP contribution in [0.3, 0.4) is 0 Å². The number of hydrogen-bond acceptors (Lipinski definition) is 4. The molecule has 1 aromatic rings. The van der Waals surface area contributed by atoms with Gasteiger partial charge in [-0.15, -0.1) is 0 Å². The standard InChI is InChI=1S/C19H29N3O4S/c1-12(2)19(24)22-8-6-16(7-9-22)21-18(23)15-10-13(3)14(4)17(11-15)27(25,26)20-5/h10-12,16,20H,6-9H2,1-5H3,(H,21,23). The predicted molar refractivity (Wildman–Crippen MR) is 104 cm³/mol. The van der Waals surface area contributed by atoms with E-state index in [9.17, 15) is 18.0 Å². The molecule has 1 saturated heterocycles. The van der Waals surface area contributed by atoms with Crippen molar-refractivity contribution < 1.29 is 18.0 Å². The van der Waals surface area contributed by atoms with Gasteiger partial charge in [0.25, 0.3) is 5.91 Å². The third-order valence-corrected chi connectivity index (χ3v) is 6.62. The summed E-state index contributed by atoms with van der Waals surface area (Å²) < 4.78 is 26.7. The van der Waals surface area contributed by atoms with Gasteiger partial charge >= 0.3 is 0 Å². The monoisotopic (exact) mass is 395 g/mol. The minimum absolute atomic E-state index is 0.0281. The van der Waals surface area contributed by atoms with Gasteiger partial charge in [-0.05, 0) is 57.0 Å². The maximum Gasteiger partial charge on any atom is 0.251 e. The molecular formula is C19H29N3O4S. The van der Waals surface area contributed by atoms with Gasteiger partial charge in [0, 0.05) is 30.6 Å². The van der Waals surface area contributed by atoms with E-state index in [1.54, 1.807) is 19.9 Å². The lowest BCUT2D eigenvalue weighted by atomic mass is 10.0. The van der Waals surface area contributed by atoms with Crippen LogP contribution in [0.2, 0.25) is 0 Å². The zero-order valence-corrected chi connectivity index (χ0v) is 17.4. The molecular weight excluding hydrogens is 366 g/mol. The number of rotatable bonds is 5. The maximum atomic E-state index is 12.7. The first kappa shape index (κ1) is 21.4. The van der Waals surface area contributed by atoms with Gasteiger partial charge in [0.1, 0.15) is 0 Å². The van der Waals surface area contributed by atoms with Crippen molar-refractivity contribution in [2.45, 2.75) is 51.5 Å². The number of piperidine rings is 1. The zero-order chi connectivity index (χ0) is 20.4. The molecule has 1 fully saturated rings. The Bertz CT molecular complexity index is 826. The van der Waals surface area contributed by atoms with Crippen LogP contribution in [0.5, 0.6) is 0 Å². The van der Waals surface area contributed by atoms with Crippen LogP contribution >= 0.6 is 0 Å². The van der Waals surface area contributed by atoms with Crippen molar-refractivity contribution in [1.82, 2.24) is 14.9 Å². The van der Waals surface area contributed by atoms with E-state index in [0.717, 1.165) is 5.56 Å². The summed E-state index contributed by atoms with van der Waals surface area (Å²) in [5.41, 5.74) is 1.70. The number of nitrogens with one attached hydrogen (secondary N) is 2. The molecule has 0 radical (unpaired) electrons. The van der Waals surface area contributed by atoms with Gasteiger partial charge in [0.15, 0.2) is 0 Å². The van der Waals surface area contributed by atoms with E-state index in [4.69, 9.17) is 0 Å². The second kappa shape index (κ2) is 8.39. The minimum atomic E-state index is -3.64. The molecule has 0 atom stereocenters. The number of likely N-dealkylation sites (tertiary alicyclic amines) is 1. The molecule has 2 N–H and O–H groups in total. The summed E-state index contributed by atoms with van der Waals surface area (Å²) >= 11 is 0. The van der Waals surface area contributed by atoms with Crippen molar-refractivity contribution in [2.24, 2.45) is 5.92 Å². The fourth-order valence-electron chi connectivity index (χ4n) is 3.23. The predicted octanol–water partition coefficient (Wildman–Crippen LogP) is 1.59. The lowest BCUT2D eigenvalue weighted by Crippen LogP contribution is -2.47. The molecule has 7 nitrogen and oxygen atoms in total. The normalized spacial score (nSPS) is 15.9. The highest BCUT2D eigenvalue weighted by atomic mass is 32.2. The van der Waals surface area contributed by atoms with Crippen molar-refractivity contribution >= 4 is 21.8 Å². The maximum absolute atomic E-state index is 12.7. The van der Waals surface area contributed by atoms with E-state index >= 15 is 0 Å². The Morgan fingerprint density at radius 2 is 1.74 bits per heavy atom. The van der Waals surface area contributed by atoms with Crippen LogP contribution in [0, 0.1) is 19.8 Å². The Morgan fingerprint density at radius 1 is 1.15 bits per heavy atom. The first-order chi connectivity index (χ1) is 12.6. The van der Waals surface area contributed by atoms with Crippen molar-refractivity contribution in [3.05, 3.63) is 28.8 Å². The summed E-state index contributed by atoms with van der Waals surface area (Å²) in [7, 11) is -2.29. The Labute approximate surface area is 161 Å². The number of nitrogens with zero attached hydrogens (tertiary/aromatic N) is 1. The Kier molecular flexibility index (Phi) is 6.64. The number of amides is 2. The van der Waals surface area contributed by atoms with Crippen LogP contribution in [0.15, 0.2) is 17.0 Å². The second-order valence-corrected chi connectivity index (χ2v) is 9.21. The molecule has 27 heavy (non-hydrogen) atoms. The fourth-order valence-corrected chi connectivity index (χ4v) is 4.29. The Hall–Kier alpha value is -1.93. The van der Waals surface area contributed by atoms with E-state index in [1.165, 1.54) is 13.1 Å². The first-order valence-corrected chi connectivity index (χ1v) is 10.7. The molecule has 1 heterocycles. The minimum Gasteiger partial charge on any atom is -0.349 e. The van der Waals surface area contributed by atoms with Crippen molar-refractivity contribution in [2.75, 3.05) is 20.1 Å². The van der Waals surface area contributed by atoms with Crippen LogP contribution in [-0.4, -0.2) is 51.3 Å². The van der Waals surface area contributed by atoms with E-state index in [0.29, 0.717) is 37.1 Å². The molecule has 1 aliphatic rings. The fraction of sp³-hybridized carbons (Fsp3) is 0.579. The quantitative estimate of drug-likeness (QED) is 0.791. The molecule has 2 rings (SSSR count). The third kappa shape index (κ3) is 4.87. The van der Waals surface area contributed by atoms with Crippen LogP contribution in [0.4, 0.5) is 0 Å². The average molecular weight is 396 g/mol. The highest BCUT2D eigenvalue weighted by Gasteiger charge is 2.26. The summed E-state index contributed by atoms with van der Waals surface area (Å²) in [6.07, 6.45) is 1.38. The van der Waals surface area contributed by atoms with Crippen molar-refractivity contribution in [3.8, 4) is 0 Å². The lowest BCUT2D eigenvalue weighted by molar-refractivity contribution is -0.135. The molecule has 0 saturated carbocycles. The molecule has 8 heteroatoms. The summed E-state index contributed by atoms with van der Waals surface area (Å²) in [4.78, 5) is 26.7. The topological polar surface area (TPSA) is 95.6 Å². The molecule has 0 aromatic heterocycles. The number of carbonyl (C=O) groups is 2. The van der Waals surface area contributed by atoms with Gasteiger partial charge in [-0.3, -0.25) is 9.59 Å². The number of sulfonamides is 1. The summed E-state index contributed by atoms with van der Waals surface area (Å²) in [6, 6.07) is 3.09. The first-order valence-electron chi connectivity index (χ1n) is 9.21. The molecule has 0 spiro atoms. The van der Waals surface area contributed by atoms with Gasteiger partial charge in [-0.1, -0.05) is 13.8 Å². The van der Waals surface area contributed by atoms with E-state index < -0.39 is 10.0 Å². The van der Waals surface area contributed by atoms with Crippen LogP contribution in [-0.2, 0) is 14.8 Å². The Morgan fingerprint density at radius 3 is 2.26 bits per heavy atom. The summed E-state index contributed by atoms with van der Waals surface area (Å²) in [5, 5.41) is 2.98. The van der Waals surface area contributed by atoms with Gasteiger partial charge < -0.3 is 10.2 Å². The summed E-state index contributed by atoms with van der Waals surface area (Å²) in [5.74, 6) is -0.186. The molecule has 0 aliphatic carbocycles.